The van der Waals surface area contributed by atoms with Gasteiger partial charge < -0.3 is 10.6 Å². The summed E-state index contributed by atoms with van der Waals surface area (Å²) in [6.07, 6.45) is 0.819. The number of rotatable bonds is 7. The normalized spacial score (nSPS) is 13.6. The second-order valence-corrected chi connectivity index (χ2v) is 6.20. The zero-order valence-corrected chi connectivity index (χ0v) is 13.3. The van der Waals surface area contributed by atoms with Crippen molar-refractivity contribution in [2.24, 2.45) is 5.92 Å². The molecule has 0 saturated heterocycles. The quantitative estimate of drug-likeness (QED) is 0.825. The first kappa shape index (κ1) is 15.7. The maximum absolute atomic E-state index is 12.3. The molecule has 2 atom stereocenters. The van der Waals surface area contributed by atoms with Gasteiger partial charge in [-0.2, -0.15) is 0 Å². The third kappa shape index (κ3) is 4.69. The molecule has 0 radical (unpaired) electrons. The summed E-state index contributed by atoms with van der Waals surface area (Å²) < 4.78 is 0. The Kier molecular flexibility index (Phi) is 5.96. The van der Waals surface area contributed by atoms with Crippen molar-refractivity contribution in [2.75, 3.05) is 13.6 Å². The highest BCUT2D eigenvalue weighted by atomic mass is 32.1. The predicted molar refractivity (Wildman–Crippen MR) is 88.4 cm³/mol. The van der Waals surface area contributed by atoms with Crippen LogP contribution in [0.2, 0.25) is 0 Å². The highest BCUT2D eigenvalue weighted by Crippen LogP contribution is 2.23. The van der Waals surface area contributed by atoms with Gasteiger partial charge in [-0.1, -0.05) is 43.3 Å². The maximum Gasteiger partial charge on any atom is 0.224 e. The molecule has 112 valence electrons. The molecular weight excluding hydrogens is 280 g/mol. The summed E-state index contributed by atoms with van der Waals surface area (Å²) in [4.78, 5) is 13.5. The van der Waals surface area contributed by atoms with Gasteiger partial charge in [-0.05, 0) is 30.5 Å². The van der Waals surface area contributed by atoms with E-state index in [1.54, 1.807) is 11.3 Å². The molecule has 1 heterocycles. The number of nitrogens with one attached hydrogen (secondary N) is 2. The summed E-state index contributed by atoms with van der Waals surface area (Å²) in [5, 5.41) is 8.28. The lowest BCUT2D eigenvalue weighted by Crippen LogP contribution is -2.37. The number of amides is 1. The Morgan fingerprint density at radius 3 is 2.57 bits per heavy atom. The smallest absolute Gasteiger partial charge is 0.224 e. The molecule has 0 aliphatic rings. The van der Waals surface area contributed by atoms with Gasteiger partial charge in [0.05, 0.1) is 6.04 Å². The van der Waals surface area contributed by atoms with Crippen molar-refractivity contribution >= 4 is 17.2 Å². The summed E-state index contributed by atoms with van der Waals surface area (Å²) in [7, 11) is 1.87. The van der Waals surface area contributed by atoms with E-state index in [9.17, 15) is 4.79 Å². The first-order chi connectivity index (χ1) is 10.2. The van der Waals surface area contributed by atoms with Crippen LogP contribution in [-0.2, 0) is 11.2 Å². The van der Waals surface area contributed by atoms with E-state index in [4.69, 9.17) is 0 Å². The first-order valence-electron chi connectivity index (χ1n) is 7.23. The topological polar surface area (TPSA) is 41.1 Å². The molecule has 21 heavy (non-hydrogen) atoms. The molecule has 0 spiro atoms. The minimum Gasteiger partial charge on any atom is -0.348 e. The van der Waals surface area contributed by atoms with Crippen molar-refractivity contribution in [3.8, 4) is 0 Å². The molecule has 3 nitrogen and oxygen atoms in total. The third-order valence-electron chi connectivity index (χ3n) is 3.44. The fourth-order valence-electron chi connectivity index (χ4n) is 2.27. The summed E-state index contributed by atoms with van der Waals surface area (Å²) in [6.45, 7) is 2.63. The molecule has 0 bridgehead atoms. The average Bonchev–Trinajstić information content (AvgIpc) is 3.02. The molecule has 2 unspecified atom stereocenters. The summed E-state index contributed by atoms with van der Waals surface area (Å²) >= 11 is 1.69. The minimum atomic E-state index is -0.0340. The van der Waals surface area contributed by atoms with E-state index >= 15 is 0 Å². The number of hydrogen-bond donors (Lipinski definition) is 2. The standard InChI is InChI=1S/C17H22N2OS/c1-13(12-18-2)17(20)19-15(16-9-6-10-21-16)11-14-7-4-3-5-8-14/h3-10,13,15,18H,11-12H2,1-2H3,(H,19,20). The predicted octanol–water partition coefficient (Wildman–Crippen LogP) is 3.00. The largest absolute Gasteiger partial charge is 0.348 e. The number of thiophene rings is 1. The van der Waals surface area contributed by atoms with Gasteiger partial charge in [0.1, 0.15) is 0 Å². The molecule has 0 aliphatic heterocycles. The Labute approximate surface area is 130 Å². The second-order valence-electron chi connectivity index (χ2n) is 5.23. The fourth-order valence-corrected chi connectivity index (χ4v) is 3.05. The van der Waals surface area contributed by atoms with Gasteiger partial charge >= 0.3 is 0 Å². The Bertz CT molecular complexity index is 539. The number of carbonyl (C=O) groups is 1. The highest BCUT2D eigenvalue weighted by molar-refractivity contribution is 7.10. The monoisotopic (exact) mass is 302 g/mol. The van der Waals surface area contributed by atoms with Gasteiger partial charge in [0.25, 0.3) is 0 Å². The lowest BCUT2D eigenvalue weighted by Gasteiger charge is -2.20. The lowest BCUT2D eigenvalue weighted by atomic mass is 10.0. The van der Waals surface area contributed by atoms with E-state index in [2.05, 4.69) is 34.2 Å². The Morgan fingerprint density at radius 2 is 1.95 bits per heavy atom. The van der Waals surface area contributed by atoms with Crippen LogP contribution in [0, 0.1) is 5.92 Å². The molecule has 0 saturated carbocycles. The van der Waals surface area contributed by atoms with Gasteiger partial charge in [-0.25, -0.2) is 0 Å². The van der Waals surface area contributed by atoms with Crippen molar-refractivity contribution in [3.63, 3.8) is 0 Å². The van der Waals surface area contributed by atoms with E-state index in [1.165, 1.54) is 10.4 Å². The van der Waals surface area contributed by atoms with Crippen LogP contribution in [0.4, 0.5) is 0 Å². The summed E-state index contributed by atoms with van der Waals surface area (Å²) in [6, 6.07) is 14.4. The molecule has 2 N–H and O–H groups in total. The second kappa shape index (κ2) is 7.96. The molecule has 1 amide bonds. The van der Waals surface area contributed by atoms with Gasteiger partial charge in [0.2, 0.25) is 5.91 Å². The van der Waals surface area contributed by atoms with E-state index in [0.717, 1.165) is 6.42 Å². The van der Waals surface area contributed by atoms with Gasteiger partial charge in [0, 0.05) is 17.3 Å². The molecule has 2 rings (SSSR count). The number of benzene rings is 1. The van der Waals surface area contributed by atoms with Crippen molar-refractivity contribution in [1.82, 2.24) is 10.6 Å². The van der Waals surface area contributed by atoms with E-state index in [-0.39, 0.29) is 17.9 Å². The Hall–Kier alpha value is -1.65. The minimum absolute atomic E-state index is 0.0340. The zero-order chi connectivity index (χ0) is 15.1. The van der Waals surface area contributed by atoms with Crippen molar-refractivity contribution in [3.05, 3.63) is 58.3 Å². The molecular formula is C17H22N2OS. The van der Waals surface area contributed by atoms with E-state index in [0.29, 0.717) is 6.54 Å². The van der Waals surface area contributed by atoms with Crippen LogP contribution in [0.25, 0.3) is 0 Å². The van der Waals surface area contributed by atoms with Crippen LogP contribution in [0.3, 0.4) is 0 Å². The SMILES string of the molecule is CNCC(C)C(=O)NC(Cc1ccccc1)c1cccs1. The molecule has 0 fully saturated rings. The van der Waals surface area contributed by atoms with Crippen LogP contribution in [0.1, 0.15) is 23.4 Å². The fraction of sp³-hybridized carbons (Fsp3) is 0.353. The van der Waals surface area contributed by atoms with Crippen LogP contribution < -0.4 is 10.6 Å². The molecule has 4 heteroatoms. The van der Waals surface area contributed by atoms with Crippen LogP contribution in [0.15, 0.2) is 47.8 Å². The van der Waals surface area contributed by atoms with Crippen LogP contribution in [-0.4, -0.2) is 19.5 Å². The molecule has 1 aromatic carbocycles. The average molecular weight is 302 g/mol. The summed E-state index contributed by atoms with van der Waals surface area (Å²) in [5.41, 5.74) is 1.23. The van der Waals surface area contributed by atoms with Gasteiger partial charge in [-0.15, -0.1) is 11.3 Å². The summed E-state index contributed by atoms with van der Waals surface area (Å²) in [5.74, 6) is 0.0620. The molecule has 2 aromatic rings. The molecule has 0 aliphatic carbocycles. The van der Waals surface area contributed by atoms with E-state index < -0.39 is 0 Å². The third-order valence-corrected chi connectivity index (χ3v) is 4.43. The van der Waals surface area contributed by atoms with Crippen molar-refractivity contribution in [1.29, 1.82) is 0 Å². The van der Waals surface area contributed by atoms with Crippen molar-refractivity contribution < 1.29 is 4.79 Å². The maximum atomic E-state index is 12.3. The first-order valence-corrected chi connectivity index (χ1v) is 8.11. The highest BCUT2D eigenvalue weighted by Gasteiger charge is 2.19. The van der Waals surface area contributed by atoms with Crippen LogP contribution >= 0.6 is 11.3 Å². The lowest BCUT2D eigenvalue weighted by molar-refractivity contribution is -0.125. The number of hydrogen-bond acceptors (Lipinski definition) is 3. The van der Waals surface area contributed by atoms with E-state index in [1.807, 2.05) is 38.2 Å². The van der Waals surface area contributed by atoms with Crippen molar-refractivity contribution in [2.45, 2.75) is 19.4 Å². The van der Waals surface area contributed by atoms with Crippen LogP contribution in [0.5, 0.6) is 0 Å². The Balaban J connectivity index is 2.08. The van der Waals surface area contributed by atoms with Gasteiger partial charge in [-0.3, -0.25) is 4.79 Å². The Morgan fingerprint density at radius 1 is 1.19 bits per heavy atom. The number of carbonyl (C=O) groups excluding carboxylic acids is 1. The van der Waals surface area contributed by atoms with Gasteiger partial charge in [0.15, 0.2) is 0 Å². The zero-order valence-electron chi connectivity index (χ0n) is 12.5. The molecule has 1 aromatic heterocycles.